The molecular formula is C15H20F2N2O2S. The summed E-state index contributed by atoms with van der Waals surface area (Å²) in [5, 5.41) is 0.712. The molecule has 1 fully saturated rings. The van der Waals surface area contributed by atoms with Crippen molar-refractivity contribution < 1.29 is 18.3 Å². The Morgan fingerprint density at radius 2 is 1.82 bits per heavy atom. The Kier molecular flexibility index (Phi) is 7.34. The monoisotopic (exact) mass is 330 g/mol. The molecule has 0 unspecified atom stereocenters. The number of amidine groups is 1. The minimum atomic E-state index is -1.23. The first-order chi connectivity index (χ1) is 10.4. The molecule has 1 aliphatic heterocycles. The maximum absolute atomic E-state index is 13.7. The Bertz CT molecular complexity index is 524. The molecule has 1 aliphatic rings. The van der Waals surface area contributed by atoms with Gasteiger partial charge in [0.05, 0.1) is 26.0 Å². The van der Waals surface area contributed by atoms with Crippen LogP contribution >= 0.6 is 11.8 Å². The van der Waals surface area contributed by atoms with Crippen molar-refractivity contribution in [1.29, 1.82) is 0 Å². The van der Waals surface area contributed by atoms with E-state index in [0.29, 0.717) is 31.5 Å². The van der Waals surface area contributed by atoms with Gasteiger partial charge in [-0.1, -0.05) is 31.5 Å². The largest absolute Gasteiger partial charge is 0.493 e. The average Bonchev–Trinajstić information content (AvgIpc) is 2.53. The van der Waals surface area contributed by atoms with Crippen molar-refractivity contribution >= 4 is 16.9 Å². The van der Waals surface area contributed by atoms with Gasteiger partial charge in [-0.05, 0) is 6.26 Å². The molecule has 0 N–H and O–H groups in total. The van der Waals surface area contributed by atoms with Crippen LogP contribution in [-0.4, -0.2) is 49.7 Å². The highest BCUT2D eigenvalue weighted by atomic mass is 32.2. The Morgan fingerprint density at radius 3 is 2.27 bits per heavy atom. The van der Waals surface area contributed by atoms with E-state index in [4.69, 9.17) is 9.47 Å². The van der Waals surface area contributed by atoms with Gasteiger partial charge in [0.15, 0.2) is 16.8 Å². The van der Waals surface area contributed by atoms with Crippen molar-refractivity contribution in [1.82, 2.24) is 4.90 Å². The van der Waals surface area contributed by atoms with E-state index in [1.807, 2.05) is 11.2 Å². The van der Waals surface area contributed by atoms with E-state index in [-0.39, 0.29) is 17.0 Å². The molecule has 0 spiro atoms. The zero-order valence-electron chi connectivity index (χ0n) is 12.8. The molecule has 0 radical (unpaired) electrons. The second-order valence-electron chi connectivity index (χ2n) is 4.38. The first-order valence-corrected chi connectivity index (χ1v) is 7.77. The van der Waals surface area contributed by atoms with Crippen molar-refractivity contribution in [3.8, 4) is 0 Å². The summed E-state index contributed by atoms with van der Waals surface area (Å²) in [4.78, 5) is 6.39. The summed E-state index contributed by atoms with van der Waals surface area (Å²) in [7, 11) is 1.22. The summed E-state index contributed by atoms with van der Waals surface area (Å²) < 4.78 is 36.7. The molecule has 0 saturated carbocycles. The van der Waals surface area contributed by atoms with Crippen LogP contribution in [0.25, 0.3) is 0 Å². The standard InChI is InChI=1S/C15H20F2N2O2S/c1-10(14(20-4)13(17)11(2)16)12(3)18-15(22-5)19-6-8-21-9-7-19/h1-3,6-9H2,4-5H3/b14-13-,18-15?. The summed E-state index contributed by atoms with van der Waals surface area (Å²) in [6.45, 7) is 13.0. The number of morpholine rings is 1. The minimum Gasteiger partial charge on any atom is -0.493 e. The molecule has 0 aromatic rings. The molecule has 1 rings (SSSR count). The van der Waals surface area contributed by atoms with Crippen LogP contribution in [-0.2, 0) is 9.47 Å². The van der Waals surface area contributed by atoms with Crippen LogP contribution < -0.4 is 0 Å². The van der Waals surface area contributed by atoms with Gasteiger partial charge >= 0.3 is 0 Å². The fourth-order valence-electron chi connectivity index (χ4n) is 1.78. The van der Waals surface area contributed by atoms with E-state index in [0.717, 1.165) is 0 Å². The summed E-state index contributed by atoms with van der Waals surface area (Å²) in [5.41, 5.74) is 0.266. The summed E-state index contributed by atoms with van der Waals surface area (Å²) >= 11 is 1.43. The highest BCUT2D eigenvalue weighted by Crippen LogP contribution is 2.27. The molecule has 122 valence electrons. The number of thioether (sulfide) groups is 1. The number of nitrogens with zero attached hydrogens (tertiary/aromatic N) is 2. The smallest absolute Gasteiger partial charge is 0.200 e. The van der Waals surface area contributed by atoms with E-state index in [1.54, 1.807) is 0 Å². The van der Waals surface area contributed by atoms with Crippen molar-refractivity contribution in [3.05, 3.63) is 48.4 Å². The minimum absolute atomic E-state index is 0.0682. The van der Waals surface area contributed by atoms with Gasteiger partial charge in [-0.2, -0.15) is 4.39 Å². The first-order valence-electron chi connectivity index (χ1n) is 6.54. The zero-order valence-corrected chi connectivity index (χ0v) is 13.6. The molecule has 0 bridgehead atoms. The zero-order chi connectivity index (χ0) is 16.7. The number of hydrogen-bond acceptors (Lipinski definition) is 4. The Morgan fingerprint density at radius 1 is 1.23 bits per heavy atom. The molecule has 4 nitrogen and oxygen atoms in total. The predicted octanol–water partition coefficient (Wildman–Crippen LogP) is 3.42. The molecule has 0 aromatic heterocycles. The van der Waals surface area contributed by atoms with Gasteiger partial charge in [-0.3, -0.25) is 0 Å². The van der Waals surface area contributed by atoms with Crippen LogP contribution in [0.4, 0.5) is 8.78 Å². The summed E-state index contributed by atoms with van der Waals surface area (Å²) in [6.07, 6.45) is 1.88. The normalized spacial score (nSPS) is 16.9. The van der Waals surface area contributed by atoms with Crippen molar-refractivity contribution in [3.63, 3.8) is 0 Å². The van der Waals surface area contributed by atoms with Crippen molar-refractivity contribution in [2.24, 2.45) is 4.99 Å². The highest BCUT2D eigenvalue weighted by Gasteiger charge is 2.19. The average molecular weight is 330 g/mol. The second kappa shape index (κ2) is 8.75. The van der Waals surface area contributed by atoms with E-state index in [9.17, 15) is 8.78 Å². The number of methoxy groups -OCH3 is 1. The molecule has 1 saturated heterocycles. The second-order valence-corrected chi connectivity index (χ2v) is 5.15. The van der Waals surface area contributed by atoms with Crippen LogP contribution in [0, 0.1) is 0 Å². The van der Waals surface area contributed by atoms with Crippen LogP contribution in [0.2, 0.25) is 0 Å². The third-order valence-corrected chi connectivity index (χ3v) is 3.67. The molecule has 1 heterocycles. The molecule has 7 heteroatoms. The molecule has 0 aliphatic carbocycles. The molecule has 22 heavy (non-hydrogen) atoms. The quantitative estimate of drug-likeness (QED) is 0.335. The molecule has 0 amide bonds. The number of aliphatic imine (C=N–C) groups is 1. The van der Waals surface area contributed by atoms with Crippen LogP contribution in [0.3, 0.4) is 0 Å². The van der Waals surface area contributed by atoms with E-state index < -0.39 is 11.7 Å². The fraction of sp³-hybridized carbons (Fsp3) is 0.400. The van der Waals surface area contributed by atoms with Crippen molar-refractivity contribution in [2.45, 2.75) is 0 Å². The van der Waals surface area contributed by atoms with Gasteiger partial charge in [0.1, 0.15) is 0 Å². The lowest BCUT2D eigenvalue weighted by molar-refractivity contribution is 0.0693. The maximum atomic E-state index is 13.7. The fourth-order valence-corrected chi connectivity index (χ4v) is 2.42. The lowest BCUT2D eigenvalue weighted by Crippen LogP contribution is -2.39. The van der Waals surface area contributed by atoms with Crippen LogP contribution in [0.15, 0.2) is 53.4 Å². The van der Waals surface area contributed by atoms with E-state index in [2.05, 4.69) is 24.7 Å². The number of rotatable bonds is 5. The number of allylic oxidation sites excluding steroid dienone is 2. The van der Waals surface area contributed by atoms with Gasteiger partial charge in [-0.15, -0.1) is 0 Å². The summed E-state index contributed by atoms with van der Waals surface area (Å²) in [5.74, 6) is -2.79. The number of hydrogen-bond donors (Lipinski definition) is 0. The van der Waals surface area contributed by atoms with E-state index in [1.165, 1.54) is 18.9 Å². The highest BCUT2D eigenvalue weighted by molar-refractivity contribution is 8.13. The van der Waals surface area contributed by atoms with Crippen molar-refractivity contribution in [2.75, 3.05) is 39.7 Å². The number of halogens is 2. The van der Waals surface area contributed by atoms with Crippen LogP contribution in [0.1, 0.15) is 0 Å². The lowest BCUT2D eigenvalue weighted by atomic mass is 10.2. The van der Waals surface area contributed by atoms with Gasteiger partial charge in [0.2, 0.25) is 5.83 Å². The van der Waals surface area contributed by atoms with Gasteiger partial charge < -0.3 is 14.4 Å². The van der Waals surface area contributed by atoms with Crippen LogP contribution in [0.5, 0.6) is 0 Å². The lowest BCUT2D eigenvalue weighted by Gasteiger charge is -2.29. The third kappa shape index (κ3) is 4.71. The Labute approximate surface area is 133 Å². The number of ether oxygens (including phenoxy) is 2. The van der Waals surface area contributed by atoms with Gasteiger partial charge in [0.25, 0.3) is 0 Å². The predicted molar refractivity (Wildman–Crippen MR) is 87.0 cm³/mol. The SMILES string of the molecule is C=C(N=C(SC)N1CCOCC1)C(=C)/C(OC)=C(/F)C(=C)F. The topological polar surface area (TPSA) is 34.1 Å². The molecule has 0 aromatic carbocycles. The third-order valence-electron chi connectivity index (χ3n) is 2.96. The Hall–Kier alpha value is -1.60. The van der Waals surface area contributed by atoms with Gasteiger partial charge in [-0.25, -0.2) is 9.38 Å². The first kappa shape index (κ1) is 18.4. The summed E-state index contributed by atoms with van der Waals surface area (Å²) in [6, 6.07) is 0. The maximum Gasteiger partial charge on any atom is 0.200 e. The molecular weight excluding hydrogens is 310 g/mol. The van der Waals surface area contributed by atoms with Gasteiger partial charge in [0, 0.05) is 18.7 Å². The molecule has 0 atom stereocenters. The Balaban J connectivity index is 2.97. The van der Waals surface area contributed by atoms with E-state index >= 15 is 0 Å².